The van der Waals surface area contributed by atoms with Crippen LogP contribution in [0.5, 0.6) is 5.75 Å². The molecule has 0 spiro atoms. The zero-order chi connectivity index (χ0) is 15.6. The molecule has 0 atom stereocenters. The summed E-state index contributed by atoms with van der Waals surface area (Å²) in [6.07, 6.45) is 1.80. The Hall–Kier alpha value is -3.14. The van der Waals surface area contributed by atoms with Crippen LogP contribution in [0, 0.1) is 0 Å². The van der Waals surface area contributed by atoms with E-state index in [-0.39, 0.29) is 11.3 Å². The van der Waals surface area contributed by atoms with Crippen molar-refractivity contribution >= 4 is 21.8 Å². The summed E-state index contributed by atoms with van der Waals surface area (Å²) in [5.74, 6) is 0.282. The minimum Gasteiger partial charge on any atom is -0.483 e. The molecule has 0 aliphatic heterocycles. The molecule has 0 aliphatic carbocycles. The van der Waals surface area contributed by atoms with E-state index in [1.54, 1.807) is 12.3 Å². The Morgan fingerprint density at radius 2 is 1.78 bits per heavy atom. The number of hydrogen-bond donors (Lipinski definition) is 1. The van der Waals surface area contributed by atoms with Gasteiger partial charge in [-0.25, -0.2) is 0 Å². The first kappa shape index (κ1) is 13.5. The van der Waals surface area contributed by atoms with Gasteiger partial charge < -0.3 is 9.72 Å². The maximum absolute atomic E-state index is 12.3. The minimum absolute atomic E-state index is 0.244. The van der Waals surface area contributed by atoms with Crippen LogP contribution in [0.4, 0.5) is 0 Å². The average Bonchev–Trinajstić information content (AvgIpc) is 2.61. The summed E-state index contributed by atoms with van der Waals surface area (Å²) in [7, 11) is 0. The Balaban J connectivity index is 1.75. The number of ether oxygens (including phenoxy) is 1. The molecule has 23 heavy (non-hydrogen) atoms. The molecule has 0 unspecified atom stereocenters. The molecular weight excluding hydrogens is 288 g/mol. The van der Waals surface area contributed by atoms with Crippen LogP contribution in [0.25, 0.3) is 21.8 Å². The van der Waals surface area contributed by atoms with Crippen LogP contribution >= 0.6 is 0 Å². The topological polar surface area (TPSA) is 55.0 Å². The first-order chi connectivity index (χ1) is 11.3. The third-order valence-corrected chi connectivity index (χ3v) is 3.80. The van der Waals surface area contributed by atoms with Crippen molar-refractivity contribution < 1.29 is 4.74 Å². The average molecular weight is 302 g/mol. The van der Waals surface area contributed by atoms with Crippen molar-refractivity contribution in [2.45, 2.75) is 6.61 Å². The maximum atomic E-state index is 12.3. The van der Waals surface area contributed by atoms with Gasteiger partial charge in [0.1, 0.15) is 6.61 Å². The summed E-state index contributed by atoms with van der Waals surface area (Å²) < 4.78 is 5.66. The van der Waals surface area contributed by atoms with E-state index < -0.39 is 0 Å². The Morgan fingerprint density at radius 1 is 1.00 bits per heavy atom. The third kappa shape index (κ3) is 2.55. The van der Waals surface area contributed by atoms with E-state index in [9.17, 15) is 4.79 Å². The van der Waals surface area contributed by atoms with Crippen molar-refractivity contribution in [2.75, 3.05) is 0 Å². The SMILES string of the molecule is O=c1[nH]c2c(cc1OCc1ccccc1)ncc1ccccc12. The maximum Gasteiger partial charge on any atom is 0.290 e. The predicted octanol–water partition coefficient (Wildman–Crippen LogP) is 3.66. The molecule has 4 aromatic rings. The first-order valence-corrected chi connectivity index (χ1v) is 7.39. The van der Waals surface area contributed by atoms with E-state index in [1.165, 1.54) is 0 Å². The number of aromatic nitrogens is 2. The largest absolute Gasteiger partial charge is 0.483 e. The molecular formula is C19H14N2O2. The fourth-order valence-corrected chi connectivity index (χ4v) is 2.63. The molecule has 1 N–H and O–H groups in total. The van der Waals surface area contributed by atoms with Crippen LogP contribution in [0.3, 0.4) is 0 Å². The van der Waals surface area contributed by atoms with Crippen molar-refractivity contribution in [2.24, 2.45) is 0 Å². The second kappa shape index (κ2) is 5.57. The van der Waals surface area contributed by atoms with E-state index in [0.717, 1.165) is 21.9 Å². The molecule has 2 aromatic heterocycles. The van der Waals surface area contributed by atoms with Gasteiger partial charge in [-0.3, -0.25) is 9.78 Å². The third-order valence-electron chi connectivity index (χ3n) is 3.80. The molecule has 4 rings (SSSR count). The Labute approximate surface area is 132 Å². The summed E-state index contributed by atoms with van der Waals surface area (Å²) >= 11 is 0. The fraction of sp³-hybridized carbons (Fsp3) is 0.0526. The molecule has 2 aromatic carbocycles. The van der Waals surface area contributed by atoms with Crippen LogP contribution in [-0.4, -0.2) is 9.97 Å². The van der Waals surface area contributed by atoms with Crippen LogP contribution in [0.2, 0.25) is 0 Å². The van der Waals surface area contributed by atoms with E-state index in [1.807, 2.05) is 54.6 Å². The molecule has 112 valence electrons. The summed E-state index contributed by atoms with van der Waals surface area (Å²) in [6.45, 7) is 0.350. The smallest absolute Gasteiger partial charge is 0.290 e. The second-order valence-electron chi connectivity index (χ2n) is 5.34. The molecule has 0 radical (unpaired) electrons. The molecule has 0 bridgehead atoms. The summed E-state index contributed by atoms with van der Waals surface area (Å²) in [5.41, 5.74) is 2.22. The van der Waals surface area contributed by atoms with Gasteiger partial charge in [0.2, 0.25) is 0 Å². The monoisotopic (exact) mass is 302 g/mol. The lowest BCUT2D eigenvalue weighted by atomic mass is 10.1. The normalized spacial score (nSPS) is 11.0. The lowest BCUT2D eigenvalue weighted by Gasteiger charge is -2.08. The summed E-state index contributed by atoms with van der Waals surface area (Å²) in [4.78, 5) is 19.6. The molecule has 4 nitrogen and oxygen atoms in total. The molecule has 2 heterocycles. The van der Waals surface area contributed by atoms with Gasteiger partial charge in [-0.2, -0.15) is 0 Å². The second-order valence-corrected chi connectivity index (χ2v) is 5.34. The fourth-order valence-electron chi connectivity index (χ4n) is 2.63. The Morgan fingerprint density at radius 3 is 2.65 bits per heavy atom. The van der Waals surface area contributed by atoms with Gasteiger partial charge in [-0.1, -0.05) is 54.6 Å². The van der Waals surface area contributed by atoms with Gasteiger partial charge >= 0.3 is 0 Å². The van der Waals surface area contributed by atoms with Gasteiger partial charge in [-0.05, 0) is 5.56 Å². The zero-order valence-corrected chi connectivity index (χ0v) is 12.3. The molecule has 0 fully saturated rings. The number of aromatic amines is 1. The number of rotatable bonds is 3. The highest BCUT2D eigenvalue weighted by Gasteiger charge is 2.08. The summed E-state index contributed by atoms with van der Waals surface area (Å²) in [5, 5.41) is 1.97. The highest BCUT2D eigenvalue weighted by atomic mass is 16.5. The molecule has 0 amide bonds. The van der Waals surface area contributed by atoms with Crippen molar-refractivity contribution in [3.05, 3.63) is 82.8 Å². The van der Waals surface area contributed by atoms with Crippen molar-refractivity contribution in [3.8, 4) is 5.75 Å². The molecule has 4 heteroatoms. The van der Waals surface area contributed by atoms with Crippen LogP contribution in [0.15, 0.2) is 71.7 Å². The zero-order valence-electron chi connectivity index (χ0n) is 12.3. The molecule has 0 saturated carbocycles. The van der Waals surface area contributed by atoms with E-state index in [2.05, 4.69) is 9.97 Å². The number of fused-ring (bicyclic) bond motifs is 3. The predicted molar refractivity (Wildman–Crippen MR) is 90.6 cm³/mol. The van der Waals surface area contributed by atoms with Gasteiger partial charge in [0, 0.05) is 23.0 Å². The van der Waals surface area contributed by atoms with Crippen molar-refractivity contribution in [1.82, 2.24) is 9.97 Å². The first-order valence-electron chi connectivity index (χ1n) is 7.39. The quantitative estimate of drug-likeness (QED) is 0.588. The highest BCUT2D eigenvalue weighted by Crippen LogP contribution is 2.22. The molecule has 0 saturated heterocycles. The van der Waals surface area contributed by atoms with Crippen LogP contribution in [0.1, 0.15) is 5.56 Å². The summed E-state index contributed by atoms with van der Waals surface area (Å²) in [6, 6.07) is 19.3. The lowest BCUT2D eigenvalue weighted by molar-refractivity contribution is 0.302. The number of hydrogen-bond acceptors (Lipinski definition) is 3. The number of nitrogens with one attached hydrogen (secondary N) is 1. The highest BCUT2D eigenvalue weighted by molar-refractivity contribution is 6.02. The number of pyridine rings is 2. The van der Waals surface area contributed by atoms with Gasteiger partial charge in [0.15, 0.2) is 5.75 Å². The number of benzene rings is 2. The van der Waals surface area contributed by atoms with Crippen LogP contribution < -0.4 is 10.3 Å². The van der Waals surface area contributed by atoms with Crippen LogP contribution in [-0.2, 0) is 6.61 Å². The molecule has 0 aliphatic rings. The Kier molecular flexibility index (Phi) is 3.27. The minimum atomic E-state index is -0.244. The standard InChI is InChI=1S/C19H14N2O2/c22-19-17(23-12-13-6-2-1-3-7-13)10-16-18(21-19)15-9-5-4-8-14(15)11-20-16/h1-11H,12H2,(H,21,22). The van der Waals surface area contributed by atoms with Crippen molar-refractivity contribution in [3.63, 3.8) is 0 Å². The number of nitrogens with zero attached hydrogens (tertiary/aromatic N) is 1. The van der Waals surface area contributed by atoms with Gasteiger partial charge in [0.05, 0.1) is 11.0 Å². The van der Waals surface area contributed by atoms with E-state index >= 15 is 0 Å². The number of H-pyrrole nitrogens is 1. The lowest BCUT2D eigenvalue weighted by Crippen LogP contribution is -2.11. The van der Waals surface area contributed by atoms with Crippen molar-refractivity contribution in [1.29, 1.82) is 0 Å². The Bertz CT molecular complexity index is 1040. The van der Waals surface area contributed by atoms with Gasteiger partial charge in [-0.15, -0.1) is 0 Å². The van der Waals surface area contributed by atoms with Gasteiger partial charge in [0.25, 0.3) is 5.56 Å². The van der Waals surface area contributed by atoms with E-state index in [0.29, 0.717) is 12.1 Å². The van der Waals surface area contributed by atoms with E-state index in [4.69, 9.17) is 4.74 Å².